The van der Waals surface area contributed by atoms with E-state index < -0.39 is 133 Å². The predicted molar refractivity (Wildman–Crippen MR) is 377 cm³/mol. The summed E-state index contributed by atoms with van der Waals surface area (Å²) in [5.74, 6) is -5.42. The minimum atomic E-state index is -1.14. The highest BCUT2D eigenvalue weighted by Crippen LogP contribution is 2.37. The molecule has 20 heteroatoms. The summed E-state index contributed by atoms with van der Waals surface area (Å²) in [5, 5.41) is 94.1. The van der Waals surface area contributed by atoms with Crippen LogP contribution in [0.1, 0.15) is 199 Å². The molecule has 0 aromatic carbocycles. The van der Waals surface area contributed by atoms with Gasteiger partial charge in [0.25, 0.3) is 0 Å². The van der Waals surface area contributed by atoms with E-state index in [2.05, 4.69) is 0 Å². The van der Waals surface area contributed by atoms with Crippen LogP contribution in [0.25, 0.3) is 0 Å². The molecule has 0 aromatic rings. The molecule has 5 rings (SSSR count). The van der Waals surface area contributed by atoms with Crippen LogP contribution in [0.15, 0.2) is 71.9 Å². The van der Waals surface area contributed by atoms with Crippen molar-refractivity contribution in [2.45, 2.75) is 333 Å². The second-order valence-electron chi connectivity index (χ2n) is 30.3. The van der Waals surface area contributed by atoms with E-state index >= 15 is 0 Å². The Morgan fingerprint density at radius 2 is 0.939 bits per heavy atom. The zero-order chi connectivity index (χ0) is 72.5. The van der Waals surface area contributed by atoms with E-state index in [0.717, 1.165) is 37.7 Å². The molecule has 0 spiro atoms. The summed E-state index contributed by atoms with van der Waals surface area (Å²) < 4.78 is 61.4. The Morgan fingerprint density at radius 1 is 0.490 bits per heavy atom. The van der Waals surface area contributed by atoms with Crippen LogP contribution in [0.2, 0.25) is 0 Å². The minimum absolute atomic E-state index is 0.00955. The Bertz CT molecular complexity index is 2480. The number of rotatable bonds is 16. The zero-order valence-corrected chi connectivity index (χ0v) is 62.3. The van der Waals surface area contributed by atoms with Crippen LogP contribution in [0, 0.1) is 47.3 Å². The summed E-state index contributed by atoms with van der Waals surface area (Å²) in [6.45, 7) is 22.5. The van der Waals surface area contributed by atoms with E-state index in [9.17, 15) is 50.4 Å². The molecule has 0 unspecified atom stereocenters. The fourth-order valence-corrected chi connectivity index (χ4v) is 15.3. The van der Waals surface area contributed by atoms with Crippen molar-refractivity contribution in [1.29, 1.82) is 0 Å². The van der Waals surface area contributed by atoms with Crippen LogP contribution in [0.5, 0.6) is 0 Å². The lowest BCUT2D eigenvalue weighted by Gasteiger charge is -2.38. The van der Waals surface area contributed by atoms with E-state index in [1.165, 1.54) is 12.2 Å². The van der Waals surface area contributed by atoms with Gasteiger partial charge in [0.05, 0.1) is 122 Å². The minimum Gasteiger partial charge on any atom is -0.459 e. The lowest BCUT2D eigenvalue weighted by atomic mass is 9.79. The number of methoxy groups -OCH3 is 4. The number of cyclic esters (lactones) is 2. The first-order valence-electron chi connectivity index (χ1n) is 37.1. The van der Waals surface area contributed by atoms with E-state index in [-0.39, 0.29) is 99.2 Å². The number of aliphatic hydroxyl groups is 8. The van der Waals surface area contributed by atoms with Crippen molar-refractivity contribution in [1.82, 2.24) is 0 Å². The largest absolute Gasteiger partial charge is 0.459 e. The molecule has 564 valence electrons. The topological polar surface area (TPSA) is 288 Å². The first-order valence-corrected chi connectivity index (χ1v) is 37.1. The van der Waals surface area contributed by atoms with Crippen molar-refractivity contribution in [3.8, 4) is 0 Å². The average molecular weight is 1390 g/mol. The normalized spacial score (nSPS) is 41.1. The molecular weight excluding hydrogens is 1260 g/mol. The van der Waals surface area contributed by atoms with Crippen LogP contribution >= 0.6 is 0 Å². The van der Waals surface area contributed by atoms with Crippen molar-refractivity contribution in [3.63, 3.8) is 0 Å². The fraction of sp³-hybridized carbons (Fsp3) is 0.821. The Balaban J connectivity index is 1.37. The molecule has 4 bridgehead atoms. The number of allylic oxidation sites excluding steroid dienone is 4. The molecular formula is C78H132O20. The van der Waals surface area contributed by atoms with Crippen molar-refractivity contribution >= 4 is 11.9 Å². The molecule has 0 aromatic heterocycles. The number of carbonyl (C=O) groups is 2. The summed E-state index contributed by atoms with van der Waals surface area (Å²) in [6, 6.07) is 0. The summed E-state index contributed by atoms with van der Waals surface area (Å²) in [4.78, 5) is 27.7. The number of ether oxygens (including phenoxy) is 10. The molecule has 30 atom stereocenters. The molecule has 2 fully saturated rings. The average Bonchev–Trinajstić information content (AvgIpc) is 0.848. The quantitative estimate of drug-likeness (QED) is 0.0527. The Labute approximate surface area is 587 Å². The summed E-state index contributed by atoms with van der Waals surface area (Å²) in [6.07, 6.45) is 14.3. The first kappa shape index (κ1) is 85.4. The third-order valence-electron chi connectivity index (χ3n) is 22.3. The fourth-order valence-electron chi connectivity index (χ4n) is 15.3. The number of carbonyl (C=O) groups excluding carboxylic acids is 2. The van der Waals surface area contributed by atoms with Crippen LogP contribution in [-0.2, 0) is 57.0 Å². The third kappa shape index (κ3) is 28.1. The Morgan fingerprint density at radius 3 is 1.41 bits per heavy atom. The van der Waals surface area contributed by atoms with Gasteiger partial charge in [-0.1, -0.05) is 115 Å². The van der Waals surface area contributed by atoms with Crippen molar-refractivity contribution in [2.75, 3.05) is 28.4 Å². The molecule has 8 N–H and O–H groups in total. The van der Waals surface area contributed by atoms with E-state index in [0.29, 0.717) is 50.5 Å². The van der Waals surface area contributed by atoms with Crippen LogP contribution < -0.4 is 0 Å². The highest BCUT2D eigenvalue weighted by Gasteiger charge is 2.42. The summed E-state index contributed by atoms with van der Waals surface area (Å²) in [7, 11) is 6.59. The second kappa shape index (κ2) is 43.1. The zero-order valence-electron chi connectivity index (χ0n) is 62.3. The van der Waals surface area contributed by atoms with Gasteiger partial charge in [-0.2, -0.15) is 0 Å². The third-order valence-corrected chi connectivity index (χ3v) is 22.3. The highest BCUT2D eigenvalue weighted by atomic mass is 16.6. The summed E-state index contributed by atoms with van der Waals surface area (Å²) >= 11 is 0. The van der Waals surface area contributed by atoms with Crippen LogP contribution in [0.4, 0.5) is 0 Å². The number of aliphatic hydroxyl groups excluding tert-OH is 8. The molecule has 0 amide bonds. The summed E-state index contributed by atoms with van der Waals surface area (Å²) in [5.41, 5.74) is 1.41. The monoisotopic (exact) mass is 1390 g/mol. The highest BCUT2D eigenvalue weighted by molar-refractivity contribution is 5.83. The molecule has 5 aliphatic rings. The van der Waals surface area contributed by atoms with Gasteiger partial charge in [0.2, 0.25) is 0 Å². The second-order valence-corrected chi connectivity index (χ2v) is 30.3. The molecule has 0 saturated carbocycles. The predicted octanol–water partition coefficient (Wildman–Crippen LogP) is 10.1. The standard InChI is InChI=1S/C78H132O20/c1-45-23-29-57(79)37-59-19-17-21-61(95-59)41-70(91-15)51(7)67(81)43-68(82)53(9)76(87)56(12)78(48(4)28-32-64-40-66(90-14)36-50(6)94-64)98-74(85)34-26-46(2)24-30-58(80)38-60-20-18-22-62(96-60)42-71(92-16)52(8)69(83)44-72(97-73(84)33-25-45)54(10)77(88)55(11)75(86)47(3)27-31-63-39-65(89-13)35-49(5)93-63/h17-20,23-26,33-34,47-72,75-83,86-88H,21-22,27-32,35-44H2,1-16H3/b33-25+,34-26+,45-23+,46-24+/t47-,48-,49-,50-,51-,52-,53-,54-,55-,56+,57-,58-,59-,60-,61-,62-,63-,64-,65+,66+,67-,68+,69-,70-,71-,72+,75-,76-,77-,78-/m0/s1. The van der Waals surface area contributed by atoms with Crippen molar-refractivity contribution < 1.29 is 97.8 Å². The lowest BCUT2D eigenvalue weighted by Crippen LogP contribution is -2.45. The molecule has 98 heavy (non-hydrogen) atoms. The Hall–Kier alpha value is -3.26. The molecule has 5 aliphatic heterocycles. The number of esters is 2. The van der Waals surface area contributed by atoms with Gasteiger partial charge >= 0.3 is 11.9 Å². The smallest absolute Gasteiger partial charge is 0.331 e. The first-order chi connectivity index (χ1) is 46.4. The molecule has 2 saturated heterocycles. The van der Waals surface area contributed by atoms with Gasteiger partial charge in [-0.25, -0.2) is 9.59 Å². The maximum atomic E-state index is 13.9. The molecule has 0 radical (unpaired) electrons. The van der Waals surface area contributed by atoms with Crippen molar-refractivity contribution in [2.24, 2.45) is 47.3 Å². The van der Waals surface area contributed by atoms with Gasteiger partial charge in [-0.05, 0) is 123 Å². The lowest BCUT2D eigenvalue weighted by molar-refractivity contribution is -0.155. The van der Waals surface area contributed by atoms with Gasteiger partial charge in [-0.15, -0.1) is 0 Å². The number of hydrogen-bond donors (Lipinski definition) is 8. The van der Waals surface area contributed by atoms with Crippen LogP contribution in [-0.4, -0.2) is 216 Å². The van der Waals surface area contributed by atoms with Gasteiger partial charge in [0.15, 0.2) is 0 Å². The van der Waals surface area contributed by atoms with E-state index in [1.807, 2.05) is 98.8 Å². The van der Waals surface area contributed by atoms with E-state index in [4.69, 9.17) is 47.4 Å². The maximum absolute atomic E-state index is 13.9. The molecule has 5 heterocycles. The van der Waals surface area contributed by atoms with Crippen molar-refractivity contribution in [3.05, 3.63) is 71.9 Å². The molecule has 20 nitrogen and oxygen atoms in total. The number of hydrogen-bond acceptors (Lipinski definition) is 20. The van der Waals surface area contributed by atoms with E-state index in [1.54, 1.807) is 61.4 Å². The van der Waals surface area contributed by atoms with Gasteiger partial charge < -0.3 is 88.2 Å². The Kier molecular flexibility index (Phi) is 37.6. The molecule has 0 aliphatic carbocycles. The maximum Gasteiger partial charge on any atom is 0.331 e. The van der Waals surface area contributed by atoms with Gasteiger partial charge in [-0.3, -0.25) is 0 Å². The van der Waals surface area contributed by atoms with Crippen LogP contribution in [0.3, 0.4) is 0 Å². The van der Waals surface area contributed by atoms with Gasteiger partial charge in [0.1, 0.15) is 12.2 Å². The van der Waals surface area contributed by atoms with Gasteiger partial charge in [0, 0.05) is 108 Å². The number of fused-ring (bicyclic) bond motifs is 4. The SMILES string of the molecule is CO[C@H]1C[C@H](CC[C@H](C)[C@H](O)[C@H](C)[C@@H](O)[C@@H](C)[C@H]2C[C@H](O)[C@H](C)[C@@H](OC)C[C@@H]3CC=C[C@@H](C[C@@H](O)C/C=C(C)/C=C/C(=O)O[C@@H]([C@@H](C)CC[C@H]4C[C@H](OC)C[C@H](C)O4)[C@H](C)[C@@H](O)[C@@H](C)[C@H](O)C[C@H](O)[C@H](C)[C@@H](OC)C[C@@H]4CC=C[C@@H](C[C@@H](O)C/C=C(C)/C=C/C(=O)O2)O4)O3)O[C@@H](C)C1.